The first kappa shape index (κ1) is 32.3. The number of aliphatic carboxylic acids is 1. The highest BCUT2D eigenvalue weighted by Gasteiger charge is 2.54. The number of carboxylic acids is 1. The standard InChI is InChI=1S/C30H41BrN4O6S/c1-17(2)24(33-27(38)25(32-18(3)36)19-7-5-4-6-8-19)28(39)35-16-22(42-21-11-9-20(31)10-12-21)15-23(35)26(37)34-30(13-14-30)29(40)41/h9-12,17,19,22-25H,4-8,13-16H2,1-3H3,(H,32,36)(H,33,38)(H,34,37)(H,40,41)/t22-,23+,24+,25+/m1/s1. The third kappa shape index (κ3) is 7.86. The molecule has 4 atom stereocenters. The van der Waals surface area contributed by atoms with Crippen molar-refractivity contribution in [3.8, 4) is 0 Å². The molecule has 230 valence electrons. The number of halogens is 1. The third-order valence-electron chi connectivity index (χ3n) is 8.48. The summed E-state index contributed by atoms with van der Waals surface area (Å²) in [6.45, 7) is 5.32. The quantitative estimate of drug-likeness (QED) is 0.283. The van der Waals surface area contributed by atoms with Gasteiger partial charge in [-0.1, -0.05) is 49.0 Å². The molecule has 1 aromatic carbocycles. The molecule has 0 unspecified atom stereocenters. The van der Waals surface area contributed by atoms with Crippen molar-refractivity contribution in [3.63, 3.8) is 0 Å². The summed E-state index contributed by atoms with van der Waals surface area (Å²) in [5.41, 5.74) is -1.28. The summed E-state index contributed by atoms with van der Waals surface area (Å²) >= 11 is 5.00. The maximum Gasteiger partial charge on any atom is 0.329 e. The van der Waals surface area contributed by atoms with Gasteiger partial charge in [0.2, 0.25) is 23.6 Å². The molecular weight excluding hydrogens is 624 g/mol. The number of carbonyl (C=O) groups excluding carboxylic acids is 4. The Morgan fingerprint density at radius 2 is 1.67 bits per heavy atom. The van der Waals surface area contributed by atoms with E-state index in [9.17, 15) is 29.1 Å². The molecule has 4 amide bonds. The topological polar surface area (TPSA) is 145 Å². The van der Waals surface area contributed by atoms with E-state index in [0.29, 0.717) is 19.3 Å². The lowest BCUT2D eigenvalue weighted by molar-refractivity contribution is -0.146. The molecule has 4 N–H and O–H groups in total. The van der Waals surface area contributed by atoms with Crippen molar-refractivity contribution in [1.29, 1.82) is 0 Å². The fourth-order valence-corrected chi connectivity index (χ4v) is 7.39. The van der Waals surface area contributed by atoms with Crippen molar-refractivity contribution < 1.29 is 29.1 Å². The minimum absolute atomic E-state index is 0.00619. The highest BCUT2D eigenvalue weighted by Crippen LogP contribution is 2.38. The Kier molecular flexibility index (Phi) is 10.6. The summed E-state index contributed by atoms with van der Waals surface area (Å²) in [5, 5.41) is 18.0. The van der Waals surface area contributed by atoms with Gasteiger partial charge in [0.15, 0.2) is 0 Å². The number of rotatable bonds is 11. The van der Waals surface area contributed by atoms with Crippen molar-refractivity contribution in [2.45, 2.75) is 106 Å². The predicted molar refractivity (Wildman–Crippen MR) is 163 cm³/mol. The van der Waals surface area contributed by atoms with Crippen LogP contribution in [0.25, 0.3) is 0 Å². The number of likely N-dealkylation sites (tertiary alicyclic amines) is 1. The largest absolute Gasteiger partial charge is 0.480 e. The Bertz CT molecular complexity index is 1180. The van der Waals surface area contributed by atoms with Crippen LogP contribution in [0.15, 0.2) is 33.6 Å². The van der Waals surface area contributed by atoms with Crippen LogP contribution in [-0.2, 0) is 24.0 Å². The molecule has 1 aromatic rings. The zero-order chi connectivity index (χ0) is 30.6. The maximum atomic E-state index is 14.1. The van der Waals surface area contributed by atoms with Crippen LogP contribution >= 0.6 is 27.7 Å². The van der Waals surface area contributed by atoms with E-state index in [1.165, 1.54) is 11.8 Å². The van der Waals surface area contributed by atoms with Crippen LogP contribution < -0.4 is 16.0 Å². The van der Waals surface area contributed by atoms with E-state index >= 15 is 0 Å². The fraction of sp³-hybridized carbons (Fsp3) is 0.633. The van der Waals surface area contributed by atoms with Crippen LogP contribution in [0.2, 0.25) is 0 Å². The smallest absolute Gasteiger partial charge is 0.329 e. The van der Waals surface area contributed by atoms with Crippen LogP contribution in [-0.4, -0.2) is 75.1 Å². The van der Waals surface area contributed by atoms with Gasteiger partial charge in [-0.15, -0.1) is 11.8 Å². The normalized spacial score (nSPS) is 23.1. The Hall–Kier alpha value is -2.60. The van der Waals surface area contributed by atoms with Gasteiger partial charge in [-0.25, -0.2) is 4.79 Å². The molecule has 0 bridgehead atoms. The van der Waals surface area contributed by atoms with E-state index in [4.69, 9.17) is 0 Å². The number of benzene rings is 1. The first-order valence-electron chi connectivity index (χ1n) is 14.8. The van der Waals surface area contributed by atoms with E-state index in [2.05, 4.69) is 31.9 Å². The summed E-state index contributed by atoms with van der Waals surface area (Å²) in [6.07, 6.45) is 5.77. The maximum absolute atomic E-state index is 14.1. The molecule has 4 rings (SSSR count). The minimum atomic E-state index is -1.28. The van der Waals surface area contributed by atoms with Gasteiger partial charge >= 0.3 is 5.97 Å². The van der Waals surface area contributed by atoms with Gasteiger partial charge in [0.25, 0.3) is 0 Å². The highest BCUT2D eigenvalue weighted by atomic mass is 79.9. The number of hydrogen-bond donors (Lipinski definition) is 4. The van der Waals surface area contributed by atoms with E-state index < -0.39 is 41.4 Å². The van der Waals surface area contributed by atoms with Crippen LogP contribution in [0.5, 0.6) is 0 Å². The highest BCUT2D eigenvalue weighted by molar-refractivity contribution is 9.10. The number of amides is 4. The van der Waals surface area contributed by atoms with Crippen LogP contribution in [0.3, 0.4) is 0 Å². The molecule has 3 fully saturated rings. The second-order valence-electron chi connectivity index (χ2n) is 12.1. The second-order valence-corrected chi connectivity index (χ2v) is 14.4. The first-order valence-corrected chi connectivity index (χ1v) is 16.4. The van der Waals surface area contributed by atoms with Crippen molar-refractivity contribution in [2.24, 2.45) is 11.8 Å². The van der Waals surface area contributed by atoms with Crippen molar-refractivity contribution in [2.75, 3.05) is 6.54 Å². The molecule has 0 radical (unpaired) electrons. The zero-order valence-corrected chi connectivity index (χ0v) is 26.8. The summed E-state index contributed by atoms with van der Waals surface area (Å²) in [5.74, 6) is -2.95. The number of nitrogens with zero attached hydrogens (tertiary/aromatic N) is 1. The van der Waals surface area contributed by atoms with Gasteiger partial charge in [-0.05, 0) is 68.2 Å². The average molecular weight is 666 g/mol. The summed E-state index contributed by atoms with van der Waals surface area (Å²) < 4.78 is 0.942. The SMILES string of the molecule is CC(=O)N[C@H](C(=O)N[C@H](C(=O)N1C[C@H](Sc2ccc(Br)cc2)C[C@H]1C(=O)NC1(C(=O)O)CC1)C(C)C)C1CCCCC1. The number of carbonyl (C=O) groups is 5. The summed E-state index contributed by atoms with van der Waals surface area (Å²) in [4.78, 5) is 67.5. The molecule has 3 aliphatic rings. The zero-order valence-electron chi connectivity index (χ0n) is 24.4. The van der Waals surface area contributed by atoms with Crippen LogP contribution in [0, 0.1) is 11.8 Å². The number of nitrogens with one attached hydrogen (secondary N) is 3. The summed E-state index contributed by atoms with van der Waals surface area (Å²) in [7, 11) is 0. The van der Waals surface area contributed by atoms with Crippen LogP contribution in [0.4, 0.5) is 0 Å². The number of thioether (sulfide) groups is 1. The summed E-state index contributed by atoms with van der Waals surface area (Å²) in [6, 6.07) is 5.25. The van der Waals surface area contributed by atoms with Gasteiger partial charge in [0.05, 0.1) is 0 Å². The van der Waals surface area contributed by atoms with Crippen LogP contribution in [0.1, 0.15) is 72.1 Å². The Labute approximate surface area is 259 Å². The molecule has 1 heterocycles. The number of carboxylic acid groups (broad SMARTS) is 1. The average Bonchev–Trinajstić information content (AvgIpc) is 3.61. The minimum Gasteiger partial charge on any atom is -0.480 e. The molecular formula is C30H41BrN4O6S. The van der Waals surface area contributed by atoms with Gasteiger partial charge in [0.1, 0.15) is 23.7 Å². The monoisotopic (exact) mass is 664 g/mol. The van der Waals surface area contributed by atoms with Gasteiger partial charge in [-0.3, -0.25) is 19.2 Å². The van der Waals surface area contributed by atoms with Gasteiger partial charge < -0.3 is 26.0 Å². The molecule has 0 spiro atoms. The lowest BCUT2D eigenvalue weighted by Crippen LogP contribution is -2.60. The van der Waals surface area contributed by atoms with E-state index in [1.807, 2.05) is 38.1 Å². The molecule has 42 heavy (non-hydrogen) atoms. The molecule has 2 aliphatic carbocycles. The predicted octanol–water partition coefficient (Wildman–Crippen LogP) is 3.47. The van der Waals surface area contributed by atoms with E-state index in [-0.39, 0.29) is 35.4 Å². The molecule has 0 aromatic heterocycles. The van der Waals surface area contributed by atoms with Gasteiger partial charge in [0, 0.05) is 28.1 Å². The molecule has 10 nitrogen and oxygen atoms in total. The molecule has 1 saturated heterocycles. The second kappa shape index (κ2) is 13.8. The lowest BCUT2D eigenvalue weighted by Gasteiger charge is -2.34. The fourth-order valence-electron chi connectivity index (χ4n) is 5.94. The van der Waals surface area contributed by atoms with Crippen molar-refractivity contribution in [1.82, 2.24) is 20.9 Å². The van der Waals surface area contributed by atoms with Crippen molar-refractivity contribution in [3.05, 3.63) is 28.7 Å². The van der Waals surface area contributed by atoms with Gasteiger partial charge in [-0.2, -0.15) is 0 Å². The Morgan fingerprint density at radius 3 is 2.21 bits per heavy atom. The number of hydrogen-bond acceptors (Lipinski definition) is 6. The molecule has 1 aliphatic heterocycles. The van der Waals surface area contributed by atoms with E-state index in [0.717, 1.165) is 41.5 Å². The third-order valence-corrected chi connectivity index (χ3v) is 10.2. The van der Waals surface area contributed by atoms with E-state index in [1.54, 1.807) is 11.8 Å². The molecule has 2 saturated carbocycles. The Balaban J connectivity index is 1.54. The first-order chi connectivity index (χ1) is 19.9. The van der Waals surface area contributed by atoms with Crippen molar-refractivity contribution >= 4 is 57.3 Å². The molecule has 12 heteroatoms. The Morgan fingerprint density at radius 1 is 1.02 bits per heavy atom. The lowest BCUT2D eigenvalue weighted by atomic mass is 9.83.